The van der Waals surface area contributed by atoms with Gasteiger partial charge in [0, 0.05) is 12.4 Å². The molecule has 1 saturated heterocycles. The van der Waals surface area contributed by atoms with Crippen LogP contribution in [0, 0.1) is 0 Å². The number of hydrogen-bond acceptors (Lipinski definition) is 4. The molecule has 0 spiro atoms. The number of benzene rings is 1. The molecule has 30 heavy (non-hydrogen) atoms. The molecule has 1 atom stereocenters. The molecule has 3 aromatic rings. The molecule has 2 N–H and O–H groups in total. The molecule has 8 heteroatoms. The van der Waals surface area contributed by atoms with Gasteiger partial charge in [0.2, 0.25) is 5.91 Å². The molecule has 1 aromatic carbocycles. The Balaban J connectivity index is 1.33. The summed E-state index contributed by atoms with van der Waals surface area (Å²) in [5, 5.41) is 5.46. The predicted octanol–water partition coefficient (Wildman–Crippen LogP) is 1.89. The van der Waals surface area contributed by atoms with E-state index in [0.717, 1.165) is 16.1 Å². The molecule has 2 aromatic heterocycles. The van der Waals surface area contributed by atoms with Crippen LogP contribution in [0.5, 0.6) is 0 Å². The molecule has 1 fully saturated rings. The summed E-state index contributed by atoms with van der Waals surface area (Å²) in [4.78, 5) is 42.9. The van der Waals surface area contributed by atoms with Crippen molar-refractivity contribution in [1.82, 2.24) is 24.9 Å². The molecule has 1 aliphatic rings. The fourth-order valence-corrected chi connectivity index (χ4v) is 3.56. The number of imidazole rings is 1. The van der Waals surface area contributed by atoms with Crippen molar-refractivity contribution >= 4 is 23.5 Å². The number of pyridine rings is 1. The third kappa shape index (κ3) is 4.03. The van der Waals surface area contributed by atoms with Gasteiger partial charge in [0.15, 0.2) is 0 Å². The van der Waals surface area contributed by atoms with E-state index < -0.39 is 17.5 Å². The normalized spacial score (nSPS) is 18.6. The number of rotatable bonds is 7. The second kappa shape index (κ2) is 7.98. The van der Waals surface area contributed by atoms with E-state index in [9.17, 15) is 14.4 Å². The van der Waals surface area contributed by atoms with Gasteiger partial charge in [0.05, 0.1) is 12.2 Å². The highest BCUT2D eigenvalue weighted by Gasteiger charge is 2.47. The number of aromatic nitrogens is 2. The number of nitrogens with zero attached hydrogens (tertiary/aromatic N) is 3. The fraction of sp³-hybridized carbons (Fsp3) is 0.273. The lowest BCUT2D eigenvalue weighted by Crippen LogP contribution is -2.45. The maximum Gasteiger partial charge on any atom is 0.325 e. The van der Waals surface area contributed by atoms with Crippen molar-refractivity contribution in [2.45, 2.75) is 31.8 Å². The third-order valence-electron chi connectivity index (χ3n) is 5.28. The minimum Gasteiger partial charge on any atom is -0.349 e. The van der Waals surface area contributed by atoms with Crippen molar-refractivity contribution in [1.29, 1.82) is 0 Å². The highest BCUT2D eigenvalue weighted by Crippen LogP contribution is 2.23. The smallest absolute Gasteiger partial charge is 0.325 e. The van der Waals surface area contributed by atoms with Gasteiger partial charge in [-0.15, -0.1) is 0 Å². The van der Waals surface area contributed by atoms with E-state index in [-0.39, 0.29) is 19.0 Å². The van der Waals surface area contributed by atoms with Crippen molar-refractivity contribution in [2.24, 2.45) is 0 Å². The molecule has 154 valence electrons. The van der Waals surface area contributed by atoms with Crippen molar-refractivity contribution in [3.63, 3.8) is 0 Å². The number of fused-ring (bicyclic) bond motifs is 1. The first-order valence-corrected chi connectivity index (χ1v) is 9.82. The summed E-state index contributed by atoms with van der Waals surface area (Å²) in [6, 6.07) is 14.9. The lowest BCUT2D eigenvalue weighted by molar-refractivity contribution is -0.134. The van der Waals surface area contributed by atoms with Crippen LogP contribution in [0.25, 0.3) is 5.65 Å². The number of hydrogen-bond donors (Lipinski definition) is 2. The summed E-state index contributed by atoms with van der Waals surface area (Å²) in [6.45, 7) is 1.60. The summed E-state index contributed by atoms with van der Waals surface area (Å²) in [6.07, 6.45) is 4.80. The van der Waals surface area contributed by atoms with Crippen molar-refractivity contribution in [2.75, 3.05) is 6.54 Å². The quantitative estimate of drug-likeness (QED) is 0.587. The lowest BCUT2D eigenvalue weighted by atomic mass is 9.93. The molecule has 0 aliphatic carbocycles. The Hall–Kier alpha value is -3.68. The Morgan fingerprint density at radius 1 is 1.13 bits per heavy atom. The molecule has 0 bridgehead atoms. The first-order chi connectivity index (χ1) is 14.4. The predicted molar refractivity (Wildman–Crippen MR) is 110 cm³/mol. The average molecular weight is 405 g/mol. The SMILES string of the molecule is C[C@]1(CCc2ccccc2)NC(=O)N(CC(=O)NCc2cn3ccccc3n2)C1=O. The molecule has 0 saturated carbocycles. The molecule has 4 rings (SSSR count). The van der Waals surface area contributed by atoms with E-state index in [0.29, 0.717) is 18.5 Å². The van der Waals surface area contributed by atoms with Gasteiger partial charge in [-0.25, -0.2) is 9.78 Å². The number of aryl methyl sites for hydroxylation is 1. The minimum atomic E-state index is -1.02. The molecule has 4 amide bonds. The Morgan fingerprint density at radius 3 is 2.67 bits per heavy atom. The number of amides is 4. The van der Waals surface area contributed by atoms with E-state index in [4.69, 9.17) is 0 Å². The number of nitrogens with one attached hydrogen (secondary N) is 2. The Labute approximate surface area is 173 Å². The van der Waals surface area contributed by atoms with Gasteiger partial charge in [-0.1, -0.05) is 36.4 Å². The van der Waals surface area contributed by atoms with Gasteiger partial charge in [-0.3, -0.25) is 14.5 Å². The van der Waals surface area contributed by atoms with Gasteiger partial charge in [-0.2, -0.15) is 0 Å². The summed E-state index contributed by atoms with van der Waals surface area (Å²) >= 11 is 0. The maximum atomic E-state index is 12.8. The minimum absolute atomic E-state index is 0.218. The molecule has 1 aliphatic heterocycles. The van der Waals surface area contributed by atoms with Gasteiger partial charge in [0.1, 0.15) is 17.7 Å². The second-order valence-electron chi connectivity index (χ2n) is 7.61. The first-order valence-electron chi connectivity index (χ1n) is 9.82. The van der Waals surface area contributed by atoms with Crippen LogP contribution in [0.1, 0.15) is 24.6 Å². The number of imide groups is 1. The van der Waals surface area contributed by atoms with Crippen LogP contribution in [0.2, 0.25) is 0 Å². The van der Waals surface area contributed by atoms with E-state index in [1.165, 1.54) is 0 Å². The number of carbonyl (C=O) groups excluding carboxylic acids is 3. The van der Waals surface area contributed by atoms with Crippen LogP contribution in [0.15, 0.2) is 60.9 Å². The topological polar surface area (TPSA) is 95.8 Å². The molecule has 3 heterocycles. The fourth-order valence-electron chi connectivity index (χ4n) is 3.56. The second-order valence-corrected chi connectivity index (χ2v) is 7.61. The highest BCUT2D eigenvalue weighted by atomic mass is 16.2. The Bertz CT molecular complexity index is 1060. The van der Waals surface area contributed by atoms with Crippen molar-refractivity contribution in [3.8, 4) is 0 Å². The first kappa shape index (κ1) is 19.6. The zero-order valence-corrected chi connectivity index (χ0v) is 16.7. The monoisotopic (exact) mass is 405 g/mol. The van der Waals surface area contributed by atoms with Gasteiger partial charge >= 0.3 is 6.03 Å². The van der Waals surface area contributed by atoms with Crippen LogP contribution < -0.4 is 10.6 Å². The highest BCUT2D eigenvalue weighted by molar-refractivity contribution is 6.08. The van der Waals surface area contributed by atoms with E-state index >= 15 is 0 Å². The van der Waals surface area contributed by atoms with Crippen LogP contribution in [0.4, 0.5) is 4.79 Å². The van der Waals surface area contributed by atoms with E-state index in [1.54, 1.807) is 6.92 Å². The summed E-state index contributed by atoms with van der Waals surface area (Å²) in [5.74, 6) is -0.797. The molecular weight excluding hydrogens is 382 g/mol. The number of carbonyl (C=O) groups is 3. The van der Waals surface area contributed by atoms with Crippen LogP contribution in [0.3, 0.4) is 0 Å². The van der Waals surface area contributed by atoms with Crippen LogP contribution in [-0.4, -0.2) is 44.2 Å². The largest absolute Gasteiger partial charge is 0.349 e. The van der Waals surface area contributed by atoms with Gasteiger partial charge in [0.25, 0.3) is 5.91 Å². The summed E-state index contributed by atoms with van der Waals surface area (Å²) in [5.41, 5.74) is 1.54. The van der Waals surface area contributed by atoms with Crippen molar-refractivity contribution in [3.05, 3.63) is 72.2 Å². The van der Waals surface area contributed by atoms with Crippen LogP contribution >= 0.6 is 0 Å². The number of urea groups is 1. The molecular formula is C22H23N5O3. The van der Waals surface area contributed by atoms with Gasteiger partial charge < -0.3 is 15.0 Å². The standard InChI is InChI=1S/C22H23N5O3/c1-22(11-10-16-7-3-2-4-8-16)20(29)27(21(30)25-22)15-19(28)23-13-17-14-26-12-6-5-9-18(26)24-17/h2-9,12,14H,10-11,13,15H2,1H3,(H,23,28)(H,25,30)/t22-/m1/s1. The Kier molecular flexibility index (Phi) is 5.22. The zero-order valence-electron chi connectivity index (χ0n) is 16.7. The molecule has 0 radical (unpaired) electrons. The summed E-state index contributed by atoms with van der Waals surface area (Å²) in [7, 11) is 0. The van der Waals surface area contributed by atoms with Crippen LogP contribution in [-0.2, 0) is 22.6 Å². The third-order valence-corrected chi connectivity index (χ3v) is 5.28. The lowest BCUT2D eigenvalue weighted by Gasteiger charge is -2.21. The molecule has 0 unspecified atom stereocenters. The Morgan fingerprint density at radius 2 is 1.90 bits per heavy atom. The van der Waals surface area contributed by atoms with E-state index in [1.807, 2.05) is 65.3 Å². The van der Waals surface area contributed by atoms with E-state index in [2.05, 4.69) is 15.6 Å². The average Bonchev–Trinajstić information content (AvgIpc) is 3.26. The molecule has 8 nitrogen and oxygen atoms in total. The van der Waals surface area contributed by atoms with Gasteiger partial charge in [-0.05, 0) is 37.5 Å². The maximum absolute atomic E-state index is 12.8. The van der Waals surface area contributed by atoms with Crippen molar-refractivity contribution < 1.29 is 14.4 Å². The summed E-state index contributed by atoms with van der Waals surface area (Å²) < 4.78 is 1.86. The zero-order chi connectivity index (χ0) is 21.1.